The smallest absolute Gasteiger partial charge is 0.318 e. The largest absolute Gasteiger partial charge is 0.462 e. The van der Waals surface area contributed by atoms with Crippen molar-refractivity contribution in [3.05, 3.63) is 138 Å². The molecule has 0 radical (unpaired) electrons. The molecule has 576 valence electrons. The molecule has 4 aromatic rings. The molecular formula is C68H88N12O26. The van der Waals surface area contributed by atoms with Gasteiger partial charge in [0.15, 0.2) is 24.4 Å². The predicted octanol–water partition coefficient (Wildman–Crippen LogP) is -10.2. The Labute approximate surface area is 604 Å². The number of nitrogens with one attached hydrogen (secondary N) is 7. The number of aliphatic imine (C=N–C) groups is 2. The Balaban J connectivity index is 0.936. The van der Waals surface area contributed by atoms with Gasteiger partial charge in [-0.05, 0) is 34.4 Å². The van der Waals surface area contributed by atoms with Crippen LogP contribution in [0.15, 0.2) is 125 Å². The van der Waals surface area contributed by atoms with Crippen LogP contribution in [-0.2, 0) is 63.7 Å². The van der Waals surface area contributed by atoms with Gasteiger partial charge in [-0.25, -0.2) is 0 Å². The molecular weight excluding hydrogens is 1400 g/mol. The highest BCUT2D eigenvalue weighted by atomic mass is 16.7. The number of aliphatic hydroxyl groups excluding tert-OH is 13. The molecule has 4 aromatic carbocycles. The third-order valence-corrected chi connectivity index (χ3v) is 19.2. The van der Waals surface area contributed by atoms with Gasteiger partial charge in [-0.3, -0.25) is 43.5 Å². The van der Waals surface area contributed by atoms with Crippen LogP contribution < -0.4 is 53.4 Å². The molecule has 38 heteroatoms. The first-order valence-corrected chi connectivity index (χ1v) is 34.0. The van der Waals surface area contributed by atoms with Crippen molar-refractivity contribution in [3.63, 3.8) is 0 Å². The Morgan fingerprint density at radius 2 is 1.09 bits per heavy atom. The van der Waals surface area contributed by atoms with Crippen LogP contribution in [0, 0.1) is 0 Å². The second-order valence-electron chi connectivity index (χ2n) is 26.3. The van der Waals surface area contributed by atoms with Gasteiger partial charge >= 0.3 is 5.97 Å². The number of hydrogen-bond donors (Lipinski definition) is 22. The van der Waals surface area contributed by atoms with Crippen molar-refractivity contribution >= 4 is 53.3 Å². The van der Waals surface area contributed by atoms with Gasteiger partial charge in [0.25, 0.3) is 0 Å². The molecule has 25 atom stereocenters. The fourth-order valence-electron chi connectivity index (χ4n) is 13.2. The van der Waals surface area contributed by atoms with Crippen molar-refractivity contribution in [2.45, 2.75) is 172 Å². The molecule has 0 aromatic heterocycles. The van der Waals surface area contributed by atoms with Gasteiger partial charge in [0.1, 0.15) is 134 Å². The summed E-state index contributed by atoms with van der Waals surface area (Å²) in [5.41, 5.74) is 14.2. The standard InChI is InChI=1S/C68H88N12O26/c1-29(31-11-5-2-6-12-31)44-60(97)74-35(21-30-17-19-34(20-18-30)102-65-56(94)53(91)57(40(27-83)105-65)106-66-55(93)52(90)49(87)39(26-82)104-66)59(96)78-45(47(85)36-22-72-67(69)76-36)62(99)79-46(61(98)75-37(25-81)58(95)71-24-42(84)77-44)48(86)38-23-73-68(70)80(38)63-54(92)51(89)50(88)41(103-63)28-101-64(100)43(32-13-7-3-8-14-32)33-15-9-4-10-16-33/h2-20,29,35-41,43-57,63,65-66,81-83,85-94H,21-28H2,1H3,(H2,70,73)(H,71,95)(H,74,97)(H,75,98)(H,77,84)(H,78,96)(H,79,99)(H3,69,72,76)/t29?,35-,36?,37+,38?,39-,40-,41-,44+,45+,46-,47?,48?,49-,50-,51+,52+,53-,54+,55+,56+,57-,63+,65+,66-/m1/s1. The molecule has 38 nitrogen and oxygen atoms in total. The Bertz CT molecular complexity index is 3690. The summed E-state index contributed by atoms with van der Waals surface area (Å²) >= 11 is 0. The molecule has 4 saturated heterocycles. The normalized spacial score (nSPS) is 33.8. The van der Waals surface area contributed by atoms with E-state index >= 15 is 9.59 Å². The van der Waals surface area contributed by atoms with Gasteiger partial charge in [-0.2, -0.15) is 0 Å². The quantitative estimate of drug-likeness (QED) is 0.0345. The molecule has 10 rings (SSSR count). The highest BCUT2D eigenvalue weighted by Gasteiger charge is 2.55. The highest BCUT2D eigenvalue weighted by molar-refractivity contribution is 5.98. The molecule has 0 saturated carbocycles. The molecule has 4 fully saturated rings. The lowest BCUT2D eigenvalue weighted by Gasteiger charge is -2.46. The number of hydrogen-bond acceptors (Lipinski definition) is 32. The summed E-state index contributed by atoms with van der Waals surface area (Å²) in [7, 11) is 0. The lowest BCUT2D eigenvalue weighted by Crippen LogP contribution is -2.70. The van der Waals surface area contributed by atoms with Crippen LogP contribution in [-0.4, -0.2) is 317 Å². The molecule has 6 aliphatic heterocycles. The lowest BCUT2D eigenvalue weighted by molar-refractivity contribution is -0.352. The summed E-state index contributed by atoms with van der Waals surface area (Å²) in [5.74, 6) is -11.0. The van der Waals surface area contributed by atoms with Gasteiger partial charge < -0.3 is 148 Å². The van der Waals surface area contributed by atoms with Crippen LogP contribution in [0.1, 0.15) is 41.0 Å². The van der Waals surface area contributed by atoms with Crippen LogP contribution in [0.2, 0.25) is 0 Å². The van der Waals surface area contributed by atoms with E-state index in [2.05, 4.69) is 47.2 Å². The topological polar surface area (TPSA) is 602 Å². The van der Waals surface area contributed by atoms with E-state index in [1.165, 1.54) is 24.3 Å². The first kappa shape index (κ1) is 79.4. The van der Waals surface area contributed by atoms with Gasteiger partial charge in [-0.15, -0.1) is 0 Å². The highest BCUT2D eigenvalue weighted by Crippen LogP contribution is 2.34. The third-order valence-electron chi connectivity index (χ3n) is 19.2. The van der Waals surface area contributed by atoms with Gasteiger partial charge in [-0.1, -0.05) is 110 Å². The molecule has 106 heavy (non-hydrogen) atoms. The molecule has 5 unspecified atom stereocenters. The number of guanidine groups is 2. The van der Waals surface area contributed by atoms with Crippen LogP contribution in [0.4, 0.5) is 0 Å². The molecule has 24 N–H and O–H groups in total. The predicted molar refractivity (Wildman–Crippen MR) is 362 cm³/mol. The Hall–Kier alpha value is -9.17. The fourth-order valence-corrected chi connectivity index (χ4v) is 13.2. The monoisotopic (exact) mass is 1490 g/mol. The molecule has 6 heterocycles. The fraction of sp³-hybridized carbons (Fsp3) is 0.515. The van der Waals surface area contributed by atoms with E-state index < -0.39 is 252 Å². The molecule has 0 bridgehead atoms. The van der Waals surface area contributed by atoms with Crippen molar-refractivity contribution < 1.29 is 128 Å². The first-order valence-electron chi connectivity index (χ1n) is 34.0. The van der Waals surface area contributed by atoms with Crippen molar-refractivity contribution in [2.24, 2.45) is 21.5 Å². The Morgan fingerprint density at radius 1 is 0.547 bits per heavy atom. The number of carbonyl (C=O) groups excluding carboxylic acids is 7. The summed E-state index contributed by atoms with van der Waals surface area (Å²) in [4.78, 5) is 112. The van der Waals surface area contributed by atoms with E-state index in [1.807, 2.05) is 0 Å². The van der Waals surface area contributed by atoms with Crippen molar-refractivity contribution in [1.29, 1.82) is 0 Å². The Kier molecular flexibility index (Phi) is 26.6. The maximum Gasteiger partial charge on any atom is 0.318 e. The lowest BCUT2D eigenvalue weighted by atomic mass is 9.91. The Morgan fingerprint density at radius 3 is 1.70 bits per heavy atom. The number of benzene rings is 4. The maximum atomic E-state index is 15.3. The van der Waals surface area contributed by atoms with Gasteiger partial charge in [0, 0.05) is 12.3 Å². The van der Waals surface area contributed by atoms with Crippen LogP contribution in [0.5, 0.6) is 5.75 Å². The number of esters is 1. The van der Waals surface area contributed by atoms with Gasteiger partial charge in [0.2, 0.25) is 41.7 Å². The molecule has 6 amide bonds. The summed E-state index contributed by atoms with van der Waals surface area (Å²) in [6, 6.07) is 17.6. The summed E-state index contributed by atoms with van der Waals surface area (Å²) in [5, 5.41) is 161. The average molecular weight is 1490 g/mol. The van der Waals surface area contributed by atoms with E-state index in [4.69, 9.17) is 39.9 Å². The number of nitrogens with zero attached hydrogens (tertiary/aromatic N) is 3. The molecule has 0 aliphatic carbocycles. The average Bonchev–Trinajstić information content (AvgIpc) is 1.52. The maximum absolute atomic E-state index is 15.3. The van der Waals surface area contributed by atoms with Crippen LogP contribution in [0.25, 0.3) is 0 Å². The molecule has 0 spiro atoms. The zero-order chi connectivity index (χ0) is 76.4. The summed E-state index contributed by atoms with van der Waals surface area (Å²) in [6.07, 6.45) is -32.5. The zero-order valence-electron chi connectivity index (χ0n) is 56.8. The summed E-state index contributed by atoms with van der Waals surface area (Å²) in [6.45, 7) is -3.96. The zero-order valence-corrected chi connectivity index (χ0v) is 56.8. The number of carbonyl (C=O) groups is 7. The minimum Gasteiger partial charge on any atom is -0.462 e. The van der Waals surface area contributed by atoms with Gasteiger partial charge in [0.05, 0.1) is 51.5 Å². The van der Waals surface area contributed by atoms with Crippen molar-refractivity contribution in [2.75, 3.05) is 46.1 Å². The van der Waals surface area contributed by atoms with Crippen LogP contribution in [0.3, 0.4) is 0 Å². The van der Waals surface area contributed by atoms with E-state index in [9.17, 15) is 90.4 Å². The minimum absolute atomic E-state index is 0.0841. The second-order valence-corrected chi connectivity index (χ2v) is 26.3. The van der Waals surface area contributed by atoms with E-state index in [1.54, 1.807) is 97.9 Å². The number of nitrogens with two attached hydrogens (primary N) is 2. The summed E-state index contributed by atoms with van der Waals surface area (Å²) < 4.78 is 34.6. The van der Waals surface area contributed by atoms with E-state index in [0.717, 1.165) is 4.90 Å². The number of rotatable bonds is 21. The minimum atomic E-state index is -2.41. The second kappa shape index (κ2) is 35.5. The van der Waals surface area contributed by atoms with E-state index in [0.29, 0.717) is 16.7 Å². The number of ether oxygens (including phenoxy) is 6. The SMILES string of the molecule is CC(c1ccccc1)[C@@H]1NC(=O)CNC(=O)[C@H](CO)NC(=O)[C@@H](C(O)C2CN=C(N)N2[C@H]2O[C@H](COC(=O)C(c3ccccc3)c3ccccc3)[C@@H](O)[C@H](O)[C@@H]2O)NC(=O)[C@H](C(O)C2CN=C(N)N2)NC(=O)[C@@H](Cc2ccc(O[C@H]3O[C@H](CO)[C@@H](O[C@H]4O[C@H](CO)[C@@H](O)[C@H](O)[C@@H]4O)[C@H](O)[C@@H]3O)cc2)NC1=O. The van der Waals surface area contributed by atoms with Crippen molar-refractivity contribution in [3.8, 4) is 5.75 Å². The van der Waals surface area contributed by atoms with E-state index in [-0.39, 0.29) is 23.8 Å². The van der Waals surface area contributed by atoms with Crippen molar-refractivity contribution in [1.82, 2.24) is 42.1 Å². The third kappa shape index (κ3) is 18.1. The number of aliphatic hydroxyl groups is 13. The molecule has 6 aliphatic rings. The first-order chi connectivity index (χ1) is 50.7. The number of amides is 6. The van der Waals surface area contributed by atoms with Crippen LogP contribution >= 0.6 is 0 Å².